The predicted octanol–water partition coefficient (Wildman–Crippen LogP) is 1.48. The van der Waals surface area contributed by atoms with Crippen molar-refractivity contribution >= 4 is 12.0 Å². The van der Waals surface area contributed by atoms with Gasteiger partial charge in [0.05, 0.1) is 0 Å². The van der Waals surface area contributed by atoms with Gasteiger partial charge in [-0.15, -0.1) is 0 Å². The lowest BCUT2D eigenvalue weighted by atomic mass is 9.83. The van der Waals surface area contributed by atoms with Gasteiger partial charge in [0.2, 0.25) is 0 Å². The van der Waals surface area contributed by atoms with E-state index in [1.807, 2.05) is 24.5 Å². The molecule has 2 N–H and O–H groups in total. The number of fused-ring (bicyclic) bond motifs is 4. The molecule has 2 amide bonds. The van der Waals surface area contributed by atoms with Gasteiger partial charge in [-0.2, -0.15) is 0 Å². The number of hydrogen-bond acceptors (Lipinski definition) is 3. The van der Waals surface area contributed by atoms with E-state index < -0.39 is 12.0 Å². The van der Waals surface area contributed by atoms with Crippen molar-refractivity contribution in [3.8, 4) is 0 Å². The number of urea groups is 1. The Morgan fingerprint density at radius 1 is 1.28 bits per heavy atom. The van der Waals surface area contributed by atoms with Crippen molar-refractivity contribution < 1.29 is 14.7 Å². The lowest BCUT2D eigenvalue weighted by molar-refractivity contribution is -0.139. The van der Waals surface area contributed by atoms with Gasteiger partial charge in [0.25, 0.3) is 5.56 Å². The molecule has 0 aliphatic carbocycles. The first kappa shape index (κ1) is 17.5. The van der Waals surface area contributed by atoms with E-state index in [0.29, 0.717) is 26.1 Å². The van der Waals surface area contributed by atoms with Crippen LogP contribution in [0.4, 0.5) is 4.79 Å². The molecule has 0 spiro atoms. The molecule has 3 atom stereocenters. The first-order chi connectivity index (χ1) is 11.8. The quantitative estimate of drug-likeness (QED) is 0.863. The Morgan fingerprint density at radius 2 is 2.04 bits per heavy atom. The van der Waals surface area contributed by atoms with Crippen LogP contribution in [0.1, 0.15) is 38.3 Å². The lowest BCUT2D eigenvalue weighted by Crippen LogP contribution is -2.54. The van der Waals surface area contributed by atoms with Crippen LogP contribution in [0.3, 0.4) is 0 Å². The monoisotopic (exact) mass is 347 g/mol. The van der Waals surface area contributed by atoms with Crippen LogP contribution >= 0.6 is 0 Å². The maximum absolute atomic E-state index is 12.6. The van der Waals surface area contributed by atoms with Crippen molar-refractivity contribution in [1.29, 1.82) is 0 Å². The molecule has 7 heteroatoms. The van der Waals surface area contributed by atoms with Gasteiger partial charge in [-0.1, -0.05) is 19.9 Å². The Kier molecular flexibility index (Phi) is 4.83. The SMILES string of the molecule is CC(C)C[C@H](NC(=O)N1C[C@@H]2C[C@@H](C1)c1cccc(=O)n1C2)C(=O)O. The van der Waals surface area contributed by atoms with E-state index >= 15 is 0 Å². The van der Waals surface area contributed by atoms with Gasteiger partial charge in [0.1, 0.15) is 6.04 Å². The van der Waals surface area contributed by atoms with Gasteiger partial charge in [0, 0.05) is 37.3 Å². The van der Waals surface area contributed by atoms with Crippen LogP contribution in [0, 0.1) is 11.8 Å². The van der Waals surface area contributed by atoms with Gasteiger partial charge in [-0.05, 0) is 30.7 Å². The summed E-state index contributed by atoms with van der Waals surface area (Å²) in [5.41, 5.74) is 0.978. The maximum Gasteiger partial charge on any atom is 0.326 e. The molecule has 0 aromatic carbocycles. The number of pyridine rings is 1. The lowest BCUT2D eigenvalue weighted by Gasteiger charge is -2.42. The number of nitrogens with one attached hydrogen (secondary N) is 1. The topological polar surface area (TPSA) is 91.6 Å². The van der Waals surface area contributed by atoms with E-state index in [2.05, 4.69) is 5.32 Å². The smallest absolute Gasteiger partial charge is 0.326 e. The second kappa shape index (κ2) is 6.90. The molecule has 2 aliphatic rings. The van der Waals surface area contributed by atoms with Gasteiger partial charge in [-0.25, -0.2) is 9.59 Å². The highest BCUT2D eigenvalue weighted by atomic mass is 16.4. The highest BCUT2D eigenvalue weighted by Gasteiger charge is 2.37. The predicted molar refractivity (Wildman–Crippen MR) is 92.5 cm³/mol. The molecule has 25 heavy (non-hydrogen) atoms. The highest BCUT2D eigenvalue weighted by Crippen LogP contribution is 2.34. The van der Waals surface area contributed by atoms with Gasteiger partial charge < -0.3 is 19.9 Å². The number of likely N-dealkylation sites (tertiary alicyclic amines) is 1. The van der Waals surface area contributed by atoms with Crippen LogP contribution in [0.15, 0.2) is 23.0 Å². The summed E-state index contributed by atoms with van der Waals surface area (Å²) in [6, 6.07) is 4.08. The summed E-state index contributed by atoms with van der Waals surface area (Å²) < 4.78 is 1.81. The van der Waals surface area contributed by atoms with E-state index in [-0.39, 0.29) is 29.3 Å². The molecule has 1 saturated heterocycles. The number of nitrogens with zero attached hydrogens (tertiary/aromatic N) is 2. The summed E-state index contributed by atoms with van der Waals surface area (Å²) in [7, 11) is 0. The number of amides is 2. The maximum atomic E-state index is 12.6. The van der Waals surface area contributed by atoms with Gasteiger partial charge in [0.15, 0.2) is 0 Å². The first-order valence-electron chi connectivity index (χ1n) is 8.83. The number of piperidine rings is 1. The molecule has 2 bridgehead atoms. The molecule has 1 aromatic rings. The molecule has 0 radical (unpaired) electrons. The van der Waals surface area contributed by atoms with E-state index in [4.69, 9.17) is 0 Å². The Morgan fingerprint density at radius 3 is 2.72 bits per heavy atom. The normalized spacial score (nSPS) is 23.1. The zero-order valence-corrected chi connectivity index (χ0v) is 14.6. The standard InChI is InChI=1S/C18H25N3O4/c1-11(2)6-14(17(23)24)19-18(25)20-8-12-7-13(10-20)15-4-3-5-16(22)21(15)9-12/h3-5,11-14H,6-10H2,1-2H3,(H,19,25)(H,23,24)/t12-,13-,14-/m0/s1. The largest absolute Gasteiger partial charge is 0.480 e. The van der Waals surface area contributed by atoms with Crippen LogP contribution in [-0.4, -0.2) is 45.7 Å². The third-order valence-corrected chi connectivity index (χ3v) is 5.07. The molecule has 0 saturated carbocycles. The van der Waals surface area contributed by atoms with Crippen molar-refractivity contribution in [2.75, 3.05) is 13.1 Å². The number of rotatable bonds is 4. The van der Waals surface area contributed by atoms with Crippen molar-refractivity contribution in [3.63, 3.8) is 0 Å². The fourth-order valence-electron chi connectivity index (χ4n) is 4.00. The molecule has 1 aromatic heterocycles. The zero-order valence-electron chi connectivity index (χ0n) is 14.6. The number of aliphatic carboxylic acids is 1. The average Bonchev–Trinajstić information content (AvgIpc) is 2.54. The number of aromatic nitrogens is 1. The molecule has 0 unspecified atom stereocenters. The molecule has 136 valence electrons. The summed E-state index contributed by atoms with van der Waals surface area (Å²) >= 11 is 0. The first-order valence-corrected chi connectivity index (χ1v) is 8.83. The summed E-state index contributed by atoms with van der Waals surface area (Å²) in [5.74, 6) is -0.469. The van der Waals surface area contributed by atoms with Gasteiger partial charge in [-0.3, -0.25) is 4.79 Å². The van der Waals surface area contributed by atoms with Crippen molar-refractivity contribution in [1.82, 2.24) is 14.8 Å². The summed E-state index contributed by atoms with van der Waals surface area (Å²) in [6.45, 7) is 5.55. The Balaban J connectivity index is 1.72. The van der Waals surface area contributed by atoms with Crippen LogP contribution in [-0.2, 0) is 11.3 Å². The van der Waals surface area contributed by atoms with Crippen molar-refractivity contribution in [2.45, 2.75) is 45.2 Å². The number of carboxylic acid groups (broad SMARTS) is 1. The zero-order chi connectivity index (χ0) is 18.1. The number of hydrogen-bond donors (Lipinski definition) is 2. The van der Waals surface area contributed by atoms with Crippen LogP contribution in [0.5, 0.6) is 0 Å². The third-order valence-electron chi connectivity index (χ3n) is 5.07. The molecule has 1 fully saturated rings. The third kappa shape index (κ3) is 3.70. The molecule has 7 nitrogen and oxygen atoms in total. The van der Waals surface area contributed by atoms with Crippen molar-refractivity contribution in [2.24, 2.45) is 11.8 Å². The second-order valence-electron chi connectivity index (χ2n) is 7.57. The minimum absolute atomic E-state index is 0.00739. The molecule has 3 heterocycles. The van der Waals surface area contributed by atoms with Crippen LogP contribution in [0.2, 0.25) is 0 Å². The Hall–Kier alpha value is -2.31. The summed E-state index contributed by atoms with van der Waals surface area (Å²) in [5, 5.41) is 12.0. The van der Waals surface area contributed by atoms with Crippen LogP contribution < -0.4 is 10.9 Å². The molecule has 2 aliphatic heterocycles. The van der Waals surface area contributed by atoms with Crippen molar-refractivity contribution in [3.05, 3.63) is 34.2 Å². The fourth-order valence-corrected chi connectivity index (χ4v) is 4.00. The van der Waals surface area contributed by atoms with E-state index in [1.54, 1.807) is 17.0 Å². The minimum atomic E-state index is -1.00. The van der Waals surface area contributed by atoms with E-state index in [1.165, 1.54) is 0 Å². The van der Waals surface area contributed by atoms with Crippen LogP contribution in [0.25, 0.3) is 0 Å². The minimum Gasteiger partial charge on any atom is -0.480 e. The Bertz CT molecular complexity index is 727. The molecular weight excluding hydrogens is 322 g/mol. The fraction of sp³-hybridized carbons (Fsp3) is 0.611. The molecular formula is C18H25N3O4. The number of carbonyl (C=O) groups is 2. The van der Waals surface area contributed by atoms with E-state index in [0.717, 1.165) is 12.1 Å². The Labute approximate surface area is 146 Å². The average molecular weight is 347 g/mol. The number of carbonyl (C=O) groups excluding carboxylic acids is 1. The second-order valence-corrected chi connectivity index (χ2v) is 7.57. The van der Waals surface area contributed by atoms with Gasteiger partial charge >= 0.3 is 12.0 Å². The highest BCUT2D eigenvalue weighted by molar-refractivity contribution is 5.82. The summed E-state index contributed by atoms with van der Waals surface area (Å²) in [4.78, 5) is 37.7. The number of carboxylic acids is 1. The summed E-state index contributed by atoms with van der Waals surface area (Å²) in [6.07, 6.45) is 1.36. The van der Waals surface area contributed by atoms with E-state index in [9.17, 15) is 19.5 Å². The molecule has 3 rings (SSSR count).